The minimum atomic E-state index is 0.120. The number of benzene rings is 1. The summed E-state index contributed by atoms with van der Waals surface area (Å²) in [5.74, 6) is 8.05. The maximum Gasteiger partial charge on any atom is 0.161 e. The summed E-state index contributed by atoms with van der Waals surface area (Å²) in [7, 11) is 0. The molecule has 0 spiro atoms. The second-order valence-electron chi connectivity index (χ2n) is 3.75. The third-order valence-corrected chi connectivity index (χ3v) is 3.17. The summed E-state index contributed by atoms with van der Waals surface area (Å²) < 4.78 is 11.1. The molecule has 0 amide bonds. The van der Waals surface area contributed by atoms with Crippen LogP contribution in [0.4, 0.5) is 0 Å². The van der Waals surface area contributed by atoms with Crippen LogP contribution in [-0.2, 0) is 0 Å². The van der Waals surface area contributed by atoms with E-state index in [0.717, 1.165) is 22.8 Å². The fourth-order valence-electron chi connectivity index (χ4n) is 1.69. The summed E-state index contributed by atoms with van der Waals surface area (Å²) in [6.07, 6.45) is 2.06. The quantitative estimate of drug-likeness (QED) is 0.561. The number of ether oxygens (including phenoxy) is 2. The summed E-state index contributed by atoms with van der Waals surface area (Å²) in [4.78, 5) is 0. The van der Waals surface area contributed by atoms with Crippen LogP contribution in [0.1, 0.15) is 25.5 Å². The zero-order valence-corrected chi connectivity index (χ0v) is 12.0. The Kier molecular flexibility index (Phi) is 6.93. The second kappa shape index (κ2) is 8.24. The van der Waals surface area contributed by atoms with E-state index in [2.05, 4.69) is 11.7 Å². The summed E-state index contributed by atoms with van der Waals surface area (Å²) in [6.45, 7) is 5.17. The molecule has 0 heterocycles. The highest BCUT2D eigenvalue weighted by Crippen LogP contribution is 2.31. The standard InChI is InChI=1S/C13H22N2O2S/c1-4-16-12-7-6-10(8-13(12)17-5-2)11(15-14)9-18-3/h6-8,11,15H,4-5,9,14H2,1-3H3. The van der Waals surface area contributed by atoms with E-state index in [1.807, 2.05) is 32.0 Å². The van der Waals surface area contributed by atoms with Gasteiger partial charge in [0.1, 0.15) is 0 Å². The molecule has 102 valence electrons. The first-order chi connectivity index (χ1) is 8.76. The molecule has 0 saturated heterocycles. The molecule has 0 saturated carbocycles. The molecule has 0 radical (unpaired) electrons. The lowest BCUT2D eigenvalue weighted by molar-refractivity contribution is 0.287. The summed E-state index contributed by atoms with van der Waals surface area (Å²) in [5, 5.41) is 0. The normalized spacial score (nSPS) is 12.2. The van der Waals surface area contributed by atoms with Crippen molar-refractivity contribution in [1.29, 1.82) is 0 Å². The number of nitrogens with two attached hydrogens (primary N) is 1. The maximum absolute atomic E-state index is 5.60. The van der Waals surface area contributed by atoms with E-state index in [4.69, 9.17) is 15.3 Å². The van der Waals surface area contributed by atoms with Crippen molar-refractivity contribution in [1.82, 2.24) is 5.43 Å². The van der Waals surface area contributed by atoms with Crippen LogP contribution >= 0.6 is 11.8 Å². The van der Waals surface area contributed by atoms with Gasteiger partial charge in [0, 0.05) is 5.75 Å². The number of thioether (sulfide) groups is 1. The van der Waals surface area contributed by atoms with Gasteiger partial charge in [-0.3, -0.25) is 11.3 Å². The van der Waals surface area contributed by atoms with E-state index in [1.165, 1.54) is 0 Å². The molecule has 1 unspecified atom stereocenters. The third kappa shape index (κ3) is 4.08. The third-order valence-electron chi connectivity index (χ3n) is 2.50. The highest BCUT2D eigenvalue weighted by molar-refractivity contribution is 7.98. The molecule has 1 aromatic carbocycles. The van der Waals surface area contributed by atoms with Crippen molar-refractivity contribution in [3.63, 3.8) is 0 Å². The van der Waals surface area contributed by atoms with Crippen molar-refractivity contribution in [2.24, 2.45) is 5.84 Å². The molecule has 0 fully saturated rings. The number of rotatable bonds is 8. The van der Waals surface area contributed by atoms with Crippen molar-refractivity contribution >= 4 is 11.8 Å². The number of hydrogen-bond donors (Lipinski definition) is 2. The van der Waals surface area contributed by atoms with Crippen molar-refractivity contribution in [2.75, 3.05) is 25.2 Å². The maximum atomic E-state index is 5.60. The zero-order valence-electron chi connectivity index (χ0n) is 11.2. The van der Waals surface area contributed by atoms with E-state index in [-0.39, 0.29) is 6.04 Å². The first-order valence-electron chi connectivity index (χ1n) is 6.11. The molecule has 0 aliphatic carbocycles. The van der Waals surface area contributed by atoms with Crippen LogP contribution in [0.15, 0.2) is 18.2 Å². The van der Waals surface area contributed by atoms with E-state index in [1.54, 1.807) is 11.8 Å². The van der Waals surface area contributed by atoms with Gasteiger partial charge in [-0.05, 0) is 37.8 Å². The Morgan fingerprint density at radius 2 is 1.89 bits per heavy atom. The fraction of sp³-hybridized carbons (Fsp3) is 0.538. The Morgan fingerprint density at radius 3 is 2.44 bits per heavy atom. The summed E-state index contributed by atoms with van der Waals surface area (Å²) in [5.41, 5.74) is 3.93. The zero-order chi connectivity index (χ0) is 13.4. The number of hydrazine groups is 1. The molecule has 0 aromatic heterocycles. The van der Waals surface area contributed by atoms with Crippen LogP contribution in [0.3, 0.4) is 0 Å². The minimum absolute atomic E-state index is 0.120. The van der Waals surface area contributed by atoms with Crippen LogP contribution in [0.5, 0.6) is 11.5 Å². The average Bonchev–Trinajstić information content (AvgIpc) is 2.38. The predicted octanol–water partition coefficient (Wildman–Crippen LogP) is 2.35. The number of nitrogens with one attached hydrogen (secondary N) is 1. The van der Waals surface area contributed by atoms with E-state index in [0.29, 0.717) is 13.2 Å². The van der Waals surface area contributed by atoms with E-state index < -0.39 is 0 Å². The largest absolute Gasteiger partial charge is 0.490 e. The molecule has 18 heavy (non-hydrogen) atoms. The average molecular weight is 270 g/mol. The summed E-state index contributed by atoms with van der Waals surface area (Å²) in [6, 6.07) is 6.08. The Labute approximate surface area is 113 Å². The first-order valence-corrected chi connectivity index (χ1v) is 7.50. The van der Waals surface area contributed by atoms with Crippen LogP contribution < -0.4 is 20.7 Å². The molecule has 1 rings (SSSR count). The molecule has 5 heteroatoms. The van der Waals surface area contributed by atoms with Crippen LogP contribution in [0.2, 0.25) is 0 Å². The molecule has 4 nitrogen and oxygen atoms in total. The van der Waals surface area contributed by atoms with Gasteiger partial charge >= 0.3 is 0 Å². The first kappa shape index (κ1) is 15.1. The van der Waals surface area contributed by atoms with Crippen molar-refractivity contribution in [3.05, 3.63) is 23.8 Å². The van der Waals surface area contributed by atoms with Gasteiger partial charge in [0.25, 0.3) is 0 Å². The van der Waals surface area contributed by atoms with E-state index in [9.17, 15) is 0 Å². The Bertz CT molecular complexity index is 361. The van der Waals surface area contributed by atoms with Gasteiger partial charge in [-0.2, -0.15) is 11.8 Å². The molecule has 0 bridgehead atoms. The van der Waals surface area contributed by atoms with Gasteiger partial charge < -0.3 is 9.47 Å². The highest BCUT2D eigenvalue weighted by atomic mass is 32.2. The van der Waals surface area contributed by atoms with Crippen LogP contribution in [0, 0.1) is 0 Å². The van der Waals surface area contributed by atoms with Crippen molar-refractivity contribution in [3.8, 4) is 11.5 Å². The lowest BCUT2D eigenvalue weighted by Gasteiger charge is -2.18. The van der Waals surface area contributed by atoms with Crippen molar-refractivity contribution in [2.45, 2.75) is 19.9 Å². The van der Waals surface area contributed by atoms with Gasteiger partial charge in [0.05, 0.1) is 19.3 Å². The fourth-order valence-corrected chi connectivity index (χ4v) is 2.31. The lowest BCUT2D eigenvalue weighted by Crippen LogP contribution is -2.29. The summed E-state index contributed by atoms with van der Waals surface area (Å²) >= 11 is 1.75. The van der Waals surface area contributed by atoms with Crippen LogP contribution in [0.25, 0.3) is 0 Å². The SMILES string of the molecule is CCOc1ccc(C(CSC)NN)cc1OCC. The highest BCUT2D eigenvalue weighted by Gasteiger charge is 2.13. The second-order valence-corrected chi connectivity index (χ2v) is 4.66. The van der Waals surface area contributed by atoms with Crippen LogP contribution in [-0.4, -0.2) is 25.2 Å². The van der Waals surface area contributed by atoms with Gasteiger partial charge in [-0.1, -0.05) is 6.07 Å². The van der Waals surface area contributed by atoms with Gasteiger partial charge in [-0.25, -0.2) is 0 Å². The Morgan fingerprint density at radius 1 is 1.22 bits per heavy atom. The predicted molar refractivity (Wildman–Crippen MR) is 77.2 cm³/mol. The molecular formula is C13H22N2O2S. The lowest BCUT2D eigenvalue weighted by atomic mass is 10.1. The molecular weight excluding hydrogens is 248 g/mol. The van der Waals surface area contributed by atoms with E-state index >= 15 is 0 Å². The molecule has 0 aliphatic heterocycles. The Hall–Kier alpha value is -0.910. The molecule has 0 aliphatic rings. The minimum Gasteiger partial charge on any atom is -0.490 e. The molecule has 1 aromatic rings. The number of hydrogen-bond acceptors (Lipinski definition) is 5. The smallest absolute Gasteiger partial charge is 0.161 e. The topological polar surface area (TPSA) is 56.5 Å². The van der Waals surface area contributed by atoms with Gasteiger partial charge in [0.2, 0.25) is 0 Å². The molecule has 3 N–H and O–H groups in total. The molecule has 1 atom stereocenters. The van der Waals surface area contributed by atoms with Crippen molar-refractivity contribution < 1.29 is 9.47 Å². The van der Waals surface area contributed by atoms with Gasteiger partial charge in [-0.15, -0.1) is 0 Å². The monoisotopic (exact) mass is 270 g/mol. The Balaban J connectivity index is 2.96. The van der Waals surface area contributed by atoms with Gasteiger partial charge in [0.15, 0.2) is 11.5 Å².